The second kappa shape index (κ2) is 11.2. The van der Waals surface area contributed by atoms with Crippen molar-refractivity contribution in [2.45, 2.75) is 0 Å². The van der Waals surface area contributed by atoms with Crippen LogP contribution in [0, 0.1) is 0 Å². The summed E-state index contributed by atoms with van der Waals surface area (Å²) in [4.78, 5) is 16.0. The van der Waals surface area contributed by atoms with Gasteiger partial charge in [-0.2, -0.15) is 0 Å². The normalized spacial score (nSPS) is 11.8. The molecule has 11 aromatic rings. The highest BCUT2D eigenvalue weighted by molar-refractivity contribution is 6.23. The highest BCUT2D eigenvalue weighted by atomic mass is 15.2. The molecule has 5 nitrogen and oxygen atoms in total. The largest absolute Gasteiger partial charge is 0.291 e. The van der Waals surface area contributed by atoms with E-state index in [1.165, 1.54) is 0 Å². The smallest absolute Gasteiger partial charge is 0.235 e. The molecule has 11 rings (SSSR count). The predicted octanol–water partition coefficient (Wildman–Crippen LogP) is 11.7. The quantitative estimate of drug-likeness (QED) is 0.176. The zero-order chi connectivity index (χ0) is 34.2. The van der Waals surface area contributed by atoms with Crippen LogP contribution in [0.2, 0.25) is 0 Å². The van der Waals surface area contributed by atoms with Gasteiger partial charge in [0.15, 0.2) is 0 Å². The molecular weight excluding hydrogens is 635 g/mol. The van der Waals surface area contributed by atoms with Gasteiger partial charge >= 0.3 is 0 Å². The zero-order valence-electron chi connectivity index (χ0n) is 28.0. The Balaban J connectivity index is 1.31. The number of rotatable bonds is 4. The lowest BCUT2D eigenvalue weighted by Gasteiger charge is -2.14. The number of hydrogen-bond donors (Lipinski definition) is 0. The molecule has 0 unspecified atom stereocenters. The van der Waals surface area contributed by atoms with Gasteiger partial charge in [0.1, 0.15) is 5.82 Å². The Morgan fingerprint density at radius 2 is 0.904 bits per heavy atom. The van der Waals surface area contributed by atoms with Gasteiger partial charge in [-0.1, -0.05) is 146 Å². The number of benzene rings is 7. The van der Waals surface area contributed by atoms with Crippen molar-refractivity contribution in [1.82, 2.24) is 23.9 Å². The van der Waals surface area contributed by atoms with Crippen LogP contribution < -0.4 is 0 Å². The third-order valence-electron chi connectivity index (χ3n) is 10.3. The number of fused-ring (bicyclic) bond motifs is 10. The summed E-state index contributed by atoms with van der Waals surface area (Å²) >= 11 is 0. The molecule has 0 saturated carbocycles. The maximum Gasteiger partial charge on any atom is 0.235 e. The Hall–Kier alpha value is -7.11. The van der Waals surface area contributed by atoms with E-state index in [1.807, 2.05) is 12.1 Å². The van der Waals surface area contributed by atoms with Crippen LogP contribution in [0.3, 0.4) is 0 Å². The molecule has 4 aromatic heterocycles. The highest BCUT2D eigenvalue weighted by Crippen LogP contribution is 2.43. The second-order valence-corrected chi connectivity index (χ2v) is 13.2. The van der Waals surface area contributed by atoms with Crippen molar-refractivity contribution in [3.63, 3.8) is 0 Å². The first-order chi connectivity index (χ1) is 25.8. The van der Waals surface area contributed by atoms with Crippen LogP contribution in [0.5, 0.6) is 0 Å². The number of pyridine rings is 1. The SMILES string of the molecule is c1ccc(-c2nc(-n3c4ccccc4c4cc5c(cc43)c3ccccc3n3c(-c4ccccc4)nc(-c4ccccc4)c53)nc3ccccc23)cc1. The maximum atomic E-state index is 5.43. The van der Waals surface area contributed by atoms with Crippen LogP contribution in [0.25, 0.3) is 99.8 Å². The van der Waals surface area contributed by atoms with Crippen LogP contribution >= 0.6 is 0 Å². The molecule has 0 atom stereocenters. The molecule has 0 bridgehead atoms. The van der Waals surface area contributed by atoms with E-state index in [2.05, 4.69) is 173 Å². The third kappa shape index (κ3) is 4.20. The van der Waals surface area contributed by atoms with E-state index in [-0.39, 0.29) is 0 Å². The molecule has 0 aliphatic rings. The summed E-state index contributed by atoms with van der Waals surface area (Å²) in [6.45, 7) is 0. The van der Waals surface area contributed by atoms with Gasteiger partial charge in [-0.25, -0.2) is 15.0 Å². The lowest BCUT2D eigenvalue weighted by molar-refractivity contribution is 1.01. The molecule has 0 aliphatic carbocycles. The first-order valence-corrected chi connectivity index (χ1v) is 17.6. The molecule has 0 fully saturated rings. The summed E-state index contributed by atoms with van der Waals surface area (Å²) in [6.07, 6.45) is 0. The van der Waals surface area contributed by atoms with E-state index in [4.69, 9.17) is 15.0 Å². The fraction of sp³-hybridized carbons (Fsp3) is 0. The number of aromatic nitrogens is 5. The Morgan fingerprint density at radius 3 is 1.62 bits per heavy atom. The van der Waals surface area contributed by atoms with E-state index in [0.29, 0.717) is 5.95 Å². The topological polar surface area (TPSA) is 48.0 Å². The molecule has 0 aliphatic heterocycles. The van der Waals surface area contributed by atoms with Gasteiger partial charge in [0.2, 0.25) is 5.95 Å². The number of nitrogens with zero attached hydrogens (tertiary/aromatic N) is 5. The molecule has 52 heavy (non-hydrogen) atoms. The molecule has 0 amide bonds. The average Bonchev–Trinajstić information content (AvgIpc) is 3.78. The van der Waals surface area contributed by atoms with E-state index in [0.717, 1.165) is 93.8 Å². The van der Waals surface area contributed by atoms with Crippen LogP contribution in [0.4, 0.5) is 0 Å². The summed E-state index contributed by atoms with van der Waals surface area (Å²) in [7, 11) is 0. The molecule has 0 saturated heterocycles. The average molecular weight is 664 g/mol. The van der Waals surface area contributed by atoms with Crippen molar-refractivity contribution in [3.05, 3.63) is 176 Å². The van der Waals surface area contributed by atoms with Crippen LogP contribution in [0.15, 0.2) is 176 Å². The van der Waals surface area contributed by atoms with Crippen LogP contribution in [-0.2, 0) is 0 Å². The third-order valence-corrected chi connectivity index (χ3v) is 10.3. The van der Waals surface area contributed by atoms with Crippen molar-refractivity contribution in [2.75, 3.05) is 0 Å². The van der Waals surface area contributed by atoms with E-state index < -0.39 is 0 Å². The first-order valence-electron chi connectivity index (χ1n) is 17.6. The van der Waals surface area contributed by atoms with Gasteiger partial charge in [0.25, 0.3) is 0 Å². The van der Waals surface area contributed by atoms with Gasteiger partial charge < -0.3 is 0 Å². The van der Waals surface area contributed by atoms with E-state index >= 15 is 0 Å². The van der Waals surface area contributed by atoms with Gasteiger partial charge in [-0.15, -0.1) is 0 Å². The lowest BCUT2D eigenvalue weighted by atomic mass is 9.99. The Bertz CT molecular complexity index is 3160. The highest BCUT2D eigenvalue weighted by Gasteiger charge is 2.23. The number of para-hydroxylation sites is 3. The fourth-order valence-electron chi connectivity index (χ4n) is 8.01. The molecule has 5 heteroatoms. The predicted molar refractivity (Wildman–Crippen MR) is 214 cm³/mol. The van der Waals surface area contributed by atoms with Crippen LogP contribution in [-0.4, -0.2) is 23.9 Å². The molecule has 242 valence electrons. The van der Waals surface area contributed by atoms with Gasteiger partial charge in [0, 0.05) is 43.6 Å². The lowest BCUT2D eigenvalue weighted by Crippen LogP contribution is -2.03. The van der Waals surface area contributed by atoms with Gasteiger partial charge in [-0.05, 0) is 35.7 Å². The monoisotopic (exact) mass is 663 g/mol. The van der Waals surface area contributed by atoms with Crippen LogP contribution in [0.1, 0.15) is 0 Å². The van der Waals surface area contributed by atoms with E-state index in [1.54, 1.807) is 0 Å². The fourth-order valence-corrected chi connectivity index (χ4v) is 8.01. The summed E-state index contributed by atoms with van der Waals surface area (Å²) in [6, 6.07) is 61.8. The second-order valence-electron chi connectivity index (χ2n) is 13.2. The molecule has 0 N–H and O–H groups in total. The van der Waals surface area contributed by atoms with Gasteiger partial charge in [0.05, 0.1) is 39.0 Å². The summed E-state index contributed by atoms with van der Waals surface area (Å²) in [5.41, 5.74) is 10.3. The molecule has 7 aromatic carbocycles. The standard InChI is InChI=1S/C47H29N5/c1-4-16-30(17-5-1)43-35-24-10-13-25-39(35)48-47(50-43)51-40-26-14-12-23-34(40)37-28-38-36(29-42(37)51)33-22-11-15-27-41(33)52-45(38)44(31-18-6-2-7-19-31)49-46(52)32-20-8-3-9-21-32/h1-29H. The first kappa shape index (κ1) is 28.7. The number of imidazole rings is 1. The van der Waals surface area contributed by atoms with E-state index in [9.17, 15) is 0 Å². The zero-order valence-corrected chi connectivity index (χ0v) is 28.0. The maximum absolute atomic E-state index is 5.43. The Labute approximate surface area is 298 Å². The molecular formula is C47H29N5. The summed E-state index contributed by atoms with van der Waals surface area (Å²) in [5.74, 6) is 1.57. The minimum absolute atomic E-state index is 0.647. The van der Waals surface area contributed by atoms with Crippen molar-refractivity contribution in [1.29, 1.82) is 0 Å². The minimum Gasteiger partial charge on any atom is -0.291 e. The molecule has 4 heterocycles. The summed E-state index contributed by atoms with van der Waals surface area (Å²) in [5, 5.41) is 6.77. The van der Waals surface area contributed by atoms with Crippen molar-refractivity contribution in [3.8, 4) is 39.9 Å². The van der Waals surface area contributed by atoms with Crippen molar-refractivity contribution in [2.24, 2.45) is 0 Å². The molecule has 0 spiro atoms. The van der Waals surface area contributed by atoms with Crippen molar-refractivity contribution >= 4 is 59.9 Å². The Morgan fingerprint density at radius 1 is 0.346 bits per heavy atom. The molecule has 0 radical (unpaired) electrons. The van der Waals surface area contributed by atoms with Crippen molar-refractivity contribution < 1.29 is 0 Å². The summed E-state index contributed by atoms with van der Waals surface area (Å²) < 4.78 is 4.60. The minimum atomic E-state index is 0.647. The number of hydrogen-bond acceptors (Lipinski definition) is 3. The van der Waals surface area contributed by atoms with Gasteiger partial charge in [-0.3, -0.25) is 8.97 Å². The Kier molecular flexibility index (Phi) is 6.18.